The van der Waals surface area contributed by atoms with E-state index in [-0.39, 0.29) is 11.7 Å². The second-order valence-electron chi connectivity index (χ2n) is 5.45. The molecule has 1 aliphatic heterocycles. The maximum Gasteiger partial charge on any atom is 0.573 e. The molecule has 0 saturated carbocycles. The van der Waals surface area contributed by atoms with E-state index in [2.05, 4.69) is 15.0 Å². The quantitative estimate of drug-likeness (QED) is 0.872. The number of ether oxygens (including phenoxy) is 3. The van der Waals surface area contributed by atoms with Crippen molar-refractivity contribution in [1.29, 1.82) is 0 Å². The summed E-state index contributed by atoms with van der Waals surface area (Å²) in [4.78, 5) is 3.89. The van der Waals surface area contributed by atoms with E-state index in [0.29, 0.717) is 25.6 Å². The van der Waals surface area contributed by atoms with Gasteiger partial charge in [-0.15, -0.1) is 13.2 Å². The molecule has 0 amide bonds. The topological polar surface area (TPSA) is 52.6 Å². The van der Waals surface area contributed by atoms with Crippen molar-refractivity contribution in [2.24, 2.45) is 5.92 Å². The monoisotopic (exact) mass is 320 g/mol. The van der Waals surface area contributed by atoms with Gasteiger partial charge in [0.15, 0.2) is 5.79 Å². The van der Waals surface area contributed by atoms with Gasteiger partial charge in [0.25, 0.3) is 0 Å². The fourth-order valence-corrected chi connectivity index (χ4v) is 2.34. The zero-order valence-electron chi connectivity index (χ0n) is 12.4. The van der Waals surface area contributed by atoms with Crippen molar-refractivity contribution in [3.63, 3.8) is 0 Å². The smallest absolute Gasteiger partial charge is 0.404 e. The molecule has 124 valence electrons. The van der Waals surface area contributed by atoms with Crippen LogP contribution >= 0.6 is 0 Å². The van der Waals surface area contributed by atoms with E-state index in [1.54, 1.807) is 0 Å². The van der Waals surface area contributed by atoms with Gasteiger partial charge in [0.2, 0.25) is 0 Å². The fourth-order valence-electron chi connectivity index (χ4n) is 2.34. The molecule has 5 nitrogen and oxygen atoms in total. The first kappa shape index (κ1) is 16.8. The zero-order chi connectivity index (χ0) is 16.2. The van der Waals surface area contributed by atoms with Crippen LogP contribution in [0, 0.1) is 5.92 Å². The Labute approximate surface area is 126 Å². The Morgan fingerprint density at radius 1 is 1.36 bits per heavy atom. The number of anilines is 1. The summed E-state index contributed by atoms with van der Waals surface area (Å²) >= 11 is 0. The summed E-state index contributed by atoms with van der Waals surface area (Å²) in [5.74, 6) is -0.166. The SMILES string of the molecule is CC(CNc1ccc(OC(F)(F)F)cn1)CC1(C)OCCO1. The molecule has 1 unspecified atom stereocenters. The molecule has 0 bridgehead atoms. The van der Waals surface area contributed by atoms with Crippen LogP contribution in [0.1, 0.15) is 20.3 Å². The van der Waals surface area contributed by atoms with Crippen LogP contribution in [0.5, 0.6) is 5.75 Å². The summed E-state index contributed by atoms with van der Waals surface area (Å²) in [6.45, 7) is 5.73. The molecule has 22 heavy (non-hydrogen) atoms. The maximum atomic E-state index is 12.0. The number of pyridine rings is 1. The Kier molecular flexibility index (Phi) is 5.12. The fraction of sp³-hybridized carbons (Fsp3) is 0.643. The Morgan fingerprint density at radius 3 is 2.59 bits per heavy atom. The van der Waals surface area contributed by atoms with Gasteiger partial charge in [-0.3, -0.25) is 0 Å². The Hall–Kier alpha value is -1.54. The molecule has 0 spiro atoms. The number of aromatic nitrogens is 1. The number of alkyl halides is 3. The third-order valence-electron chi connectivity index (χ3n) is 3.22. The molecule has 1 aromatic rings. The number of nitrogens with zero attached hydrogens (tertiary/aromatic N) is 1. The van der Waals surface area contributed by atoms with E-state index in [0.717, 1.165) is 12.6 Å². The van der Waals surface area contributed by atoms with E-state index in [1.807, 2.05) is 13.8 Å². The van der Waals surface area contributed by atoms with Crippen molar-refractivity contribution in [2.75, 3.05) is 25.1 Å². The standard InChI is InChI=1S/C14H19F3N2O3/c1-10(7-13(2)20-5-6-21-13)8-18-12-4-3-11(9-19-12)22-14(15,16)17/h3-4,9-10H,5-8H2,1-2H3,(H,18,19). The van der Waals surface area contributed by atoms with E-state index >= 15 is 0 Å². The lowest BCUT2D eigenvalue weighted by atomic mass is 10.0. The van der Waals surface area contributed by atoms with Crippen LogP contribution in [0.25, 0.3) is 0 Å². The lowest BCUT2D eigenvalue weighted by molar-refractivity contribution is -0.274. The average molecular weight is 320 g/mol. The first-order valence-electron chi connectivity index (χ1n) is 6.99. The Morgan fingerprint density at radius 2 is 2.05 bits per heavy atom. The molecular formula is C14H19F3N2O3. The summed E-state index contributed by atoms with van der Waals surface area (Å²) in [6, 6.07) is 2.66. The average Bonchev–Trinajstić information content (AvgIpc) is 2.82. The largest absolute Gasteiger partial charge is 0.573 e. The van der Waals surface area contributed by atoms with Crippen molar-refractivity contribution in [1.82, 2.24) is 4.98 Å². The van der Waals surface area contributed by atoms with E-state index in [1.165, 1.54) is 12.1 Å². The second-order valence-corrected chi connectivity index (χ2v) is 5.45. The van der Waals surface area contributed by atoms with Gasteiger partial charge in [-0.05, 0) is 25.0 Å². The minimum Gasteiger partial charge on any atom is -0.404 e. The number of nitrogens with one attached hydrogen (secondary N) is 1. The molecule has 1 fully saturated rings. The third-order valence-corrected chi connectivity index (χ3v) is 3.22. The Bertz CT molecular complexity index is 473. The highest BCUT2D eigenvalue weighted by Crippen LogP contribution is 2.27. The van der Waals surface area contributed by atoms with Gasteiger partial charge >= 0.3 is 6.36 Å². The van der Waals surface area contributed by atoms with Gasteiger partial charge in [-0.25, -0.2) is 4.98 Å². The van der Waals surface area contributed by atoms with Crippen LogP contribution < -0.4 is 10.1 Å². The highest BCUT2D eigenvalue weighted by Gasteiger charge is 2.32. The lowest BCUT2D eigenvalue weighted by Gasteiger charge is -2.26. The highest BCUT2D eigenvalue weighted by molar-refractivity contribution is 5.37. The number of rotatable bonds is 6. The molecule has 1 aliphatic rings. The van der Waals surface area contributed by atoms with E-state index < -0.39 is 12.1 Å². The summed E-state index contributed by atoms with van der Waals surface area (Å²) < 4.78 is 50.9. The molecular weight excluding hydrogens is 301 g/mol. The van der Waals surface area contributed by atoms with Crippen molar-refractivity contribution in [2.45, 2.75) is 32.4 Å². The van der Waals surface area contributed by atoms with Crippen molar-refractivity contribution in [3.8, 4) is 5.75 Å². The normalized spacial score (nSPS) is 19.0. The first-order chi connectivity index (χ1) is 10.3. The molecule has 0 radical (unpaired) electrons. The summed E-state index contributed by atoms with van der Waals surface area (Å²) in [6.07, 6.45) is -2.96. The zero-order valence-corrected chi connectivity index (χ0v) is 12.4. The van der Waals surface area contributed by atoms with Crippen LogP contribution in [-0.4, -0.2) is 36.9 Å². The van der Waals surface area contributed by atoms with Gasteiger partial charge in [-0.1, -0.05) is 6.92 Å². The van der Waals surface area contributed by atoms with Crippen molar-refractivity contribution < 1.29 is 27.4 Å². The maximum absolute atomic E-state index is 12.0. The van der Waals surface area contributed by atoms with Crippen molar-refractivity contribution in [3.05, 3.63) is 18.3 Å². The van der Waals surface area contributed by atoms with Gasteiger partial charge in [0, 0.05) is 13.0 Å². The predicted octanol–water partition coefficient (Wildman–Crippen LogP) is 3.18. The van der Waals surface area contributed by atoms with Crippen LogP contribution in [0.3, 0.4) is 0 Å². The van der Waals surface area contributed by atoms with Gasteiger partial charge in [0.05, 0.1) is 19.4 Å². The minimum absolute atomic E-state index is 0.246. The number of hydrogen-bond acceptors (Lipinski definition) is 5. The molecule has 0 aromatic carbocycles. The van der Waals surface area contributed by atoms with Crippen LogP contribution in [-0.2, 0) is 9.47 Å². The summed E-state index contributed by atoms with van der Waals surface area (Å²) in [5.41, 5.74) is 0. The molecule has 8 heteroatoms. The van der Waals surface area contributed by atoms with Crippen LogP contribution in [0.2, 0.25) is 0 Å². The molecule has 2 heterocycles. The summed E-state index contributed by atoms with van der Waals surface area (Å²) in [5, 5.41) is 3.07. The molecule has 0 aliphatic carbocycles. The number of halogens is 3. The lowest BCUT2D eigenvalue weighted by Crippen LogP contribution is -2.30. The summed E-state index contributed by atoms with van der Waals surface area (Å²) in [7, 11) is 0. The Balaban J connectivity index is 1.79. The molecule has 1 N–H and O–H groups in total. The van der Waals surface area contributed by atoms with Gasteiger partial charge < -0.3 is 19.5 Å². The predicted molar refractivity (Wildman–Crippen MR) is 73.5 cm³/mol. The van der Waals surface area contributed by atoms with Crippen LogP contribution in [0.15, 0.2) is 18.3 Å². The highest BCUT2D eigenvalue weighted by atomic mass is 19.4. The van der Waals surface area contributed by atoms with E-state index in [9.17, 15) is 13.2 Å². The second kappa shape index (κ2) is 6.70. The number of hydrogen-bond donors (Lipinski definition) is 1. The van der Waals surface area contributed by atoms with Crippen molar-refractivity contribution >= 4 is 5.82 Å². The molecule has 1 saturated heterocycles. The minimum atomic E-state index is -4.71. The molecule has 1 atom stereocenters. The molecule has 2 rings (SSSR count). The van der Waals surface area contributed by atoms with Gasteiger partial charge in [0.1, 0.15) is 11.6 Å². The first-order valence-corrected chi connectivity index (χ1v) is 6.99. The van der Waals surface area contributed by atoms with Crippen LogP contribution in [0.4, 0.5) is 19.0 Å². The van der Waals surface area contributed by atoms with Gasteiger partial charge in [-0.2, -0.15) is 0 Å². The molecule has 1 aromatic heterocycles. The third kappa shape index (κ3) is 5.34. The van der Waals surface area contributed by atoms with E-state index in [4.69, 9.17) is 9.47 Å².